The highest BCUT2D eigenvalue weighted by Crippen LogP contribution is 2.49. The van der Waals surface area contributed by atoms with Crippen LogP contribution in [0, 0.1) is 0 Å². The predicted molar refractivity (Wildman–Crippen MR) is 113 cm³/mol. The molecule has 0 aromatic heterocycles. The third kappa shape index (κ3) is 1.30. The van der Waals surface area contributed by atoms with E-state index in [1.165, 1.54) is 69.1 Å². The smallest absolute Gasteiger partial charge is 0.0260 e. The molecule has 0 bridgehead atoms. The third-order valence-electron chi connectivity index (χ3n) is 5.95. The molecule has 0 aliphatic carbocycles. The standard InChI is InChI=1S/C24H11Br/c25-18-11-16-8-7-14-4-2-12-1-3-13-5-6-15-9-10-17(18)24-22(15)20(13)19(12)21(14)23(16)24/h1-11H. The number of benzene rings is 7. The molecule has 7 aromatic rings. The van der Waals surface area contributed by atoms with E-state index in [1.807, 2.05) is 0 Å². The lowest BCUT2D eigenvalue weighted by Gasteiger charge is -2.21. The lowest BCUT2D eigenvalue weighted by molar-refractivity contribution is 1.78. The van der Waals surface area contributed by atoms with E-state index >= 15 is 0 Å². The topological polar surface area (TPSA) is 0 Å². The molecule has 0 aliphatic rings. The molecule has 7 rings (SSSR count). The van der Waals surface area contributed by atoms with Crippen LogP contribution in [-0.4, -0.2) is 0 Å². The number of rotatable bonds is 0. The van der Waals surface area contributed by atoms with E-state index < -0.39 is 0 Å². The van der Waals surface area contributed by atoms with Crippen LogP contribution >= 0.6 is 15.9 Å². The van der Waals surface area contributed by atoms with Gasteiger partial charge in [-0.05, 0) is 70.7 Å². The van der Waals surface area contributed by atoms with E-state index in [1.54, 1.807) is 0 Å². The quantitative estimate of drug-likeness (QED) is 0.187. The molecule has 0 saturated carbocycles. The molecular weight excluding hydrogens is 368 g/mol. The lowest BCUT2D eigenvalue weighted by Crippen LogP contribution is -1.92. The van der Waals surface area contributed by atoms with Gasteiger partial charge in [0.1, 0.15) is 0 Å². The highest BCUT2D eigenvalue weighted by atomic mass is 79.9. The predicted octanol–water partition coefficient (Wildman–Crippen LogP) is 7.68. The summed E-state index contributed by atoms with van der Waals surface area (Å²) in [7, 11) is 0. The van der Waals surface area contributed by atoms with E-state index in [0.29, 0.717) is 0 Å². The normalized spacial score (nSPS) is 13.0. The van der Waals surface area contributed by atoms with Crippen molar-refractivity contribution in [1.82, 2.24) is 0 Å². The first-order valence-corrected chi connectivity index (χ1v) is 9.36. The lowest BCUT2D eigenvalue weighted by atomic mass is 9.83. The molecule has 0 N–H and O–H groups in total. The van der Waals surface area contributed by atoms with Crippen LogP contribution in [0.15, 0.2) is 71.2 Å². The minimum Gasteiger partial charge on any atom is -0.0537 e. The molecule has 0 unspecified atom stereocenters. The van der Waals surface area contributed by atoms with E-state index in [-0.39, 0.29) is 0 Å². The van der Waals surface area contributed by atoms with Crippen molar-refractivity contribution in [2.24, 2.45) is 0 Å². The molecule has 0 heterocycles. The monoisotopic (exact) mass is 378 g/mol. The minimum atomic E-state index is 1.18. The third-order valence-corrected chi connectivity index (χ3v) is 6.61. The van der Waals surface area contributed by atoms with Crippen LogP contribution in [0.4, 0.5) is 0 Å². The second-order valence-electron chi connectivity index (χ2n) is 7.10. The van der Waals surface area contributed by atoms with Crippen LogP contribution in [0.3, 0.4) is 0 Å². The van der Waals surface area contributed by atoms with E-state index in [4.69, 9.17) is 0 Å². The fraction of sp³-hybridized carbons (Fsp3) is 0. The van der Waals surface area contributed by atoms with Gasteiger partial charge in [-0.3, -0.25) is 0 Å². The zero-order valence-electron chi connectivity index (χ0n) is 13.2. The molecule has 0 radical (unpaired) electrons. The Kier molecular flexibility index (Phi) is 2.00. The summed E-state index contributed by atoms with van der Waals surface area (Å²) in [5, 5.41) is 16.5. The van der Waals surface area contributed by atoms with E-state index in [9.17, 15) is 0 Å². The molecule has 0 nitrogen and oxygen atoms in total. The molecule has 0 atom stereocenters. The molecule has 25 heavy (non-hydrogen) atoms. The first kappa shape index (κ1) is 12.7. The zero-order valence-corrected chi connectivity index (χ0v) is 14.8. The summed E-state index contributed by atoms with van der Waals surface area (Å²) in [4.78, 5) is 0. The number of hydrogen-bond acceptors (Lipinski definition) is 0. The highest BCUT2D eigenvalue weighted by Gasteiger charge is 2.20. The summed E-state index contributed by atoms with van der Waals surface area (Å²) in [5.41, 5.74) is 0. The summed E-state index contributed by atoms with van der Waals surface area (Å²) < 4.78 is 1.18. The molecule has 1 heteroatoms. The van der Waals surface area contributed by atoms with Crippen LogP contribution in [0.2, 0.25) is 0 Å². The van der Waals surface area contributed by atoms with Gasteiger partial charge >= 0.3 is 0 Å². The van der Waals surface area contributed by atoms with Crippen LogP contribution in [0.25, 0.3) is 64.6 Å². The van der Waals surface area contributed by atoms with Crippen LogP contribution < -0.4 is 0 Å². The van der Waals surface area contributed by atoms with Crippen LogP contribution in [0.5, 0.6) is 0 Å². The van der Waals surface area contributed by atoms with Crippen molar-refractivity contribution < 1.29 is 0 Å². The van der Waals surface area contributed by atoms with Crippen molar-refractivity contribution in [3.63, 3.8) is 0 Å². The maximum Gasteiger partial charge on any atom is 0.0260 e. The molecule has 114 valence electrons. The van der Waals surface area contributed by atoms with Gasteiger partial charge in [-0.2, -0.15) is 0 Å². The van der Waals surface area contributed by atoms with Crippen molar-refractivity contribution in [2.75, 3.05) is 0 Å². The van der Waals surface area contributed by atoms with Gasteiger partial charge < -0.3 is 0 Å². The summed E-state index contributed by atoms with van der Waals surface area (Å²) in [6.45, 7) is 0. The Bertz CT molecular complexity index is 1530. The van der Waals surface area contributed by atoms with Crippen molar-refractivity contribution in [3.8, 4) is 0 Å². The Morgan fingerprint density at radius 3 is 1.28 bits per heavy atom. The number of hydrogen-bond donors (Lipinski definition) is 0. The highest BCUT2D eigenvalue weighted by molar-refractivity contribution is 9.10. The average molecular weight is 379 g/mol. The Hall–Kier alpha value is -2.64. The van der Waals surface area contributed by atoms with E-state index in [2.05, 4.69) is 82.7 Å². The molecule has 0 fully saturated rings. The van der Waals surface area contributed by atoms with Crippen LogP contribution in [0.1, 0.15) is 0 Å². The summed E-state index contributed by atoms with van der Waals surface area (Å²) in [5.74, 6) is 0. The summed E-state index contributed by atoms with van der Waals surface area (Å²) in [6, 6.07) is 24.9. The van der Waals surface area contributed by atoms with E-state index in [0.717, 1.165) is 0 Å². The molecular formula is C24H11Br. The summed E-state index contributed by atoms with van der Waals surface area (Å²) >= 11 is 3.82. The average Bonchev–Trinajstić information content (AvgIpc) is 2.66. The van der Waals surface area contributed by atoms with Crippen molar-refractivity contribution in [1.29, 1.82) is 0 Å². The Morgan fingerprint density at radius 1 is 0.400 bits per heavy atom. The molecule has 0 saturated heterocycles. The second kappa shape index (κ2) is 3.95. The van der Waals surface area contributed by atoms with Gasteiger partial charge in [0, 0.05) is 4.47 Å². The summed E-state index contributed by atoms with van der Waals surface area (Å²) in [6.07, 6.45) is 0. The van der Waals surface area contributed by atoms with Gasteiger partial charge in [-0.25, -0.2) is 0 Å². The van der Waals surface area contributed by atoms with Gasteiger partial charge in [-0.15, -0.1) is 0 Å². The molecule has 0 amide bonds. The van der Waals surface area contributed by atoms with Crippen LogP contribution in [-0.2, 0) is 0 Å². The molecule has 7 aromatic carbocycles. The first-order chi connectivity index (χ1) is 12.3. The van der Waals surface area contributed by atoms with Crippen molar-refractivity contribution in [3.05, 3.63) is 71.2 Å². The maximum absolute atomic E-state index is 3.82. The van der Waals surface area contributed by atoms with Crippen molar-refractivity contribution in [2.45, 2.75) is 0 Å². The van der Waals surface area contributed by atoms with Gasteiger partial charge in [0.2, 0.25) is 0 Å². The SMILES string of the molecule is Brc1cc2ccc3ccc4ccc5ccc6ccc1c1c6c5c4c3c21. The second-order valence-corrected chi connectivity index (χ2v) is 7.95. The van der Waals surface area contributed by atoms with Crippen molar-refractivity contribution >= 4 is 80.6 Å². The fourth-order valence-corrected chi connectivity index (χ4v) is 5.52. The Morgan fingerprint density at radius 2 is 0.760 bits per heavy atom. The van der Waals surface area contributed by atoms with Gasteiger partial charge in [0.15, 0.2) is 0 Å². The largest absolute Gasteiger partial charge is 0.0537 e. The Balaban J connectivity index is 2.10. The Labute approximate surface area is 151 Å². The first-order valence-electron chi connectivity index (χ1n) is 8.57. The maximum atomic E-state index is 3.82. The van der Waals surface area contributed by atoms with Gasteiger partial charge in [0.25, 0.3) is 0 Å². The zero-order chi connectivity index (χ0) is 16.3. The molecule has 0 spiro atoms. The molecule has 0 aliphatic heterocycles. The van der Waals surface area contributed by atoms with Gasteiger partial charge in [0.05, 0.1) is 0 Å². The number of halogens is 1. The minimum absolute atomic E-state index is 1.18. The van der Waals surface area contributed by atoms with Gasteiger partial charge in [-0.1, -0.05) is 76.6 Å². The fourth-order valence-electron chi connectivity index (χ4n) is 4.94.